The Morgan fingerprint density at radius 1 is 0.953 bits per heavy atom. The molecule has 1 aromatic carbocycles. The van der Waals surface area contributed by atoms with Gasteiger partial charge in [0.2, 0.25) is 23.1 Å². The Kier molecular flexibility index (Phi) is 11.3. The molecular formula is C31H44O12. The second-order valence-electron chi connectivity index (χ2n) is 12.0. The zero-order chi connectivity index (χ0) is 32.0. The molecular weight excluding hydrogens is 564 g/mol. The smallest absolute Gasteiger partial charge is 0.344 e. The van der Waals surface area contributed by atoms with Gasteiger partial charge in [0.25, 0.3) is 0 Å². The van der Waals surface area contributed by atoms with Gasteiger partial charge in [0, 0.05) is 12.8 Å². The van der Waals surface area contributed by atoms with Crippen LogP contribution in [0.5, 0.6) is 0 Å². The van der Waals surface area contributed by atoms with E-state index in [0.29, 0.717) is 18.8 Å². The van der Waals surface area contributed by atoms with Crippen molar-refractivity contribution in [2.75, 3.05) is 0 Å². The number of carboxylic acids is 3. The first kappa shape index (κ1) is 34.4. The minimum Gasteiger partial charge on any atom is -0.479 e. The molecule has 12 nitrogen and oxygen atoms in total. The molecule has 0 aromatic heterocycles. The van der Waals surface area contributed by atoms with Crippen molar-refractivity contribution < 1.29 is 58.9 Å². The van der Waals surface area contributed by atoms with Gasteiger partial charge in [-0.05, 0) is 49.5 Å². The number of ether oxygens (including phenoxy) is 3. The Morgan fingerprint density at radius 3 is 2.19 bits per heavy atom. The van der Waals surface area contributed by atoms with Crippen LogP contribution in [0.25, 0.3) is 0 Å². The summed E-state index contributed by atoms with van der Waals surface area (Å²) in [6.07, 6.45) is -2.07. The van der Waals surface area contributed by atoms with Crippen molar-refractivity contribution in [1.29, 1.82) is 0 Å². The molecule has 2 aliphatic heterocycles. The van der Waals surface area contributed by atoms with Crippen LogP contribution in [0.4, 0.5) is 0 Å². The van der Waals surface area contributed by atoms with Gasteiger partial charge < -0.3 is 39.7 Å². The average Bonchev–Trinajstić information content (AvgIpc) is 3.17. The van der Waals surface area contributed by atoms with Gasteiger partial charge in [0.05, 0.1) is 0 Å². The highest BCUT2D eigenvalue weighted by atomic mass is 16.8. The number of benzene rings is 1. The number of unbranched alkanes of at least 4 members (excludes halogenated alkanes) is 3. The lowest BCUT2D eigenvalue weighted by Crippen LogP contribution is -2.78. The molecule has 0 radical (unpaired) electrons. The molecule has 2 bridgehead atoms. The Bertz CT molecular complexity index is 1140. The van der Waals surface area contributed by atoms with Gasteiger partial charge in [-0.15, -0.1) is 0 Å². The number of aryl methyl sites for hydroxylation is 1. The molecule has 2 fully saturated rings. The predicted molar refractivity (Wildman–Crippen MR) is 151 cm³/mol. The summed E-state index contributed by atoms with van der Waals surface area (Å²) in [6, 6.07) is 9.82. The molecule has 2 unspecified atom stereocenters. The number of aliphatic hydroxyl groups is 2. The topological polar surface area (TPSA) is 197 Å². The predicted octanol–water partition coefficient (Wildman–Crippen LogP) is 3.15. The Morgan fingerprint density at radius 2 is 1.60 bits per heavy atom. The van der Waals surface area contributed by atoms with Crippen LogP contribution in [0.3, 0.4) is 0 Å². The molecule has 0 amide bonds. The summed E-state index contributed by atoms with van der Waals surface area (Å²) in [4.78, 5) is 50.3. The van der Waals surface area contributed by atoms with Crippen molar-refractivity contribution in [1.82, 2.24) is 0 Å². The van der Waals surface area contributed by atoms with Gasteiger partial charge >= 0.3 is 23.9 Å². The van der Waals surface area contributed by atoms with E-state index in [-0.39, 0.29) is 25.2 Å². The Hall–Kier alpha value is -3.06. The molecule has 0 saturated carbocycles. The molecule has 12 heteroatoms. The van der Waals surface area contributed by atoms with Crippen molar-refractivity contribution in [3.8, 4) is 0 Å². The van der Waals surface area contributed by atoms with Crippen molar-refractivity contribution in [3.63, 3.8) is 0 Å². The first-order chi connectivity index (χ1) is 20.2. The number of hydrogen-bond acceptors (Lipinski definition) is 9. The SMILES string of the molecule is CCC(C)CC(C)CCC(=O)O[C@@H]1[C@@H](O)[C@]2(CCCCCCc3ccccc3)O[C@H](C(=O)O)[C@@](O)(C(=O)O)[C@@]1(C(=O)O)O2. The van der Waals surface area contributed by atoms with Crippen LogP contribution in [-0.2, 0) is 39.8 Å². The average molecular weight is 609 g/mol. The lowest BCUT2D eigenvalue weighted by molar-refractivity contribution is -0.374. The number of fused-ring (bicyclic) bond motifs is 2. The third-order valence-electron chi connectivity index (χ3n) is 8.79. The van der Waals surface area contributed by atoms with E-state index in [4.69, 9.17) is 14.2 Å². The summed E-state index contributed by atoms with van der Waals surface area (Å²) in [5, 5.41) is 52.8. The zero-order valence-corrected chi connectivity index (χ0v) is 24.9. The van der Waals surface area contributed by atoms with E-state index >= 15 is 0 Å². The van der Waals surface area contributed by atoms with Gasteiger partial charge in [-0.1, -0.05) is 70.4 Å². The number of carbonyl (C=O) groups is 4. The minimum absolute atomic E-state index is 0.115. The summed E-state index contributed by atoms with van der Waals surface area (Å²) < 4.78 is 16.5. The fourth-order valence-corrected chi connectivity index (χ4v) is 6.18. The number of aliphatic hydroxyl groups excluding tert-OH is 1. The monoisotopic (exact) mass is 608 g/mol. The molecule has 3 rings (SSSR count). The second kappa shape index (κ2) is 14.1. The number of hydrogen-bond donors (Lipinski definition) is 5. The van der Waals surface area contributed by atoms with Crippen molar-refractivity contribution in [2.45, 2.75) is 120 Å². The quantitative estimate of drug-likeness (QED) is 0.128. The number of aliphatic carboxylic acids is 3. The molecule has 5 N–H and O–H groups in total. The molecule has 240 valence electrons. The van der Waals surface area contributed by atoms with Gasteiger partial charge in [-0.3, -0.25) is 4.79 Å². The lowest BCUT2D eigenvalue weighted by atomic mass is 9.74. The molecule has 43 heavy (non-hydrogen) atoms. The fourth-order valence-electron chi connectivity index (χ4n) is 6.18. The first-order valence-electron chi connectivity index (χ1n) is 15.0. The Labute approximate surface area is 251 Å². The largest absolute Gasteiger partial charge is 0.479 e. The highest BCUT2D eigenvalue weighted by Gasteiger charge is 2.85. The van der Waals surface area contributed by atoms with Gasteiger partial charge in [0.15, 0.2) is 6.10 Å². The van der Waals surface area contributed by atoms with Crippen molar-refractivity contribution in [3.05, 3.63) is 35.9 Å². The van der Waals surface area contributed by atoms with Crippen LogP contribution >= 0.6 is 0 Å². The fraction of sp³-hybridized carbons (Fsp3) is 0.677. The molecule has 8 atom stereocenters. The summed E-state index contributed by atoms with van der Waals surface area (Å²) in [5.41, 5.74) is -5.96. The number of carbonyl (C=O) groups excluding carboxylic acids is 1. The van der Waals surface area contributed by atoms with E-state index in [1.807, 2.05) is 44.2 Å². The van der Waals surface area contributed by atoms with Crippen LogP contribution in [0.2, 0.25) is 0 Å². The van der Waals surface area contributed by atoms with E-state index in [9.17, 15) is 44.7 Å². The van der Waals surface area contributed by atoms with Crippen LogP contribution in [0.15, 0.2) is 30.3 Å². The maximum Gasteiger partial charge on any atom is 0.344 e. The third-order valence-corrected chi connectivity index (χ3v) is 8.79. The second-order valence-corrected chi connectivity index (χ2v) is 12.0. The standard InChI is InChI=1S/C31H44O12/c1-4-19(2)18-20(3)15-16-22(32)41-24-23(33)29(17-11-6-5-8-12-21-13-9-7-10-14-21)42-25(26(34)35)30(40,27(36)37)31(24,43-29)28(38)39/h7,9-10,13-14,19-20,23-25,33,40H,4-6,8,11-12,15-18H2,1-3H3,(H,34,35)(H,36,37)(H,38,39)/t19?,20?,23-,24-,25-,29-,30-,31-/m1/s1. The zero-order valence-electron chi connectivity index (χ0n) is 24.9. The van der Waals surface area contributed by atoms with E-state index in [1.54, 1.807) is 0 Å². The molecule has 2 aliphatic rings. The van der Waals surface area contributed by atoms with E-state index < -0.39 is 59.2 Å². The number of carboxylic acid groups (broad SMARTS) is 3. The number of rotatable bonds is 17. The maximum atomic E-state index is 12.9. The van der Waals surface area contributed by atoms with Crippen LogP contribution < -0.4 is 0 Å². The van der Waals surface area contributed by atoms with Crippen LogP contribution in [0.1, 0.15) is 84.1 Å². The van der Waals surface area contributed by atoms with Crippen LogP contribution in [-0.4, -0.2) is 84.7 Å². The van der Waals surface area contributed by atoms with E-state index in [1.165, 1.54) is 0 Å². The summed E-state index contributed by atoms with van der Waals surface area (Å²) in [7, 11) is 0. The van der Waals surface area contributed by atoms with E-state index in [2.05, 4.69) is 6.92 Å². The highest BCUT2D eigenvalue weighted by molar-refractivity contribution is 5.98. The minimum atomic E-state index is -3.75. The first-order valence-corrected chi connectivity index (χ1v) is 15.0. The van der Waals surface area contributed by atoms with Gasteiger partial charge in [-0.25, -0.2) is 14.4 Å². The maximum absolute atomic E-state index is 12.9. The third kappa shape index (κ3) is 6.87. The number of esters is 1. The van der Waals surface area contributed by atoms with Crippen LogP contribution in [0, 0.1) is 11.8 Å². The van der Waals surface area contributed by atoms with E-state index in [0.717, 1.165) is 37.7 Å². The normalized spacial score (nSPS) is 31.2. The molecule has 1 aromatic rings. The summed E-state index contributed by atoms with van der Waals surface area (Å²) in [5.74, 6) is -9.16. The molecule has 0 aliphatic carbocycles. The molecule has 2 saturated heterocycles. The van der Waals surface area contributed by atoms with Crippen molar-refractivity contribution in [2.24, 2.45) is 11.8 Å². The van der Waals surface area contributed by atoms with Gasteiger partial charge in [0.1, 0.15) is 6.10 Å². The Balaban J connectivity index is 1.83. The molecule has 2 heterocycles. The van der Waals surface area contributed by atoms with Gasteiger partial charge in [-0.2, -0.15) is 0 Å². The summed E-state index contributed by atoms with van der Waals surface area (Å²) >= 11 is 0. The van der Waals surface area contributed by atoms with Crippen molar-refractivity contribution >= 4 is 23.9 Å². The highest BCUT2D eigenvalue weighted by Crippen LogP contribution is 2.55. The summed E-state index contributed by atoms with van der Waals surface area (Å²) in [6.45, 7) is 6.07. The molecule has 0 spiro atoms. The lowest BCUT2D eigenvalue weighted by Gasteiger charge is -2.48.